The minimum absolute atomic E-state index is 0.252. The lowest BCUT2D eigenvalue weighted by atomic mass is 9.86. The van der Waals surface area contributed by atoms with E-state index in [0.717, 1.165) is 24.8 Å². The smallest absolute Gasteiger partial charge is 0.0793 e. The molecule has 0 spiro atoms. The summed E-state index contributed by atoms with van der Waals surface area (Å²) in [6.45, 7) is 0. The van der Waals surface area contributed by atoms with Crippen molar-refractivity contribution >= 4 is 10.8 Å². The predicted octanol–water partition coefficient (Wildman–Crippen LogP) is 3.21. The number of aliphatic hydroxyl groups is 1. The Morgan fingerprint density at radius 1 is 1.07 bits per heavy atom. The van der Waals surface area contributed by atoms with Crippen molar-refractivity contribution < 1.29 is 5.11 Å². The van der Waals surface area contributed by atoms with E-state index in [0.29, 0.717) is 0 Å². The summed E-state index contributed by atoms with van der Waals surface area (Å²) in [5.74, 6) is 0. The zero-order chi connectivity index (χ0) is 10.3. The van der Waals surface area contributed by atoms with Gasteiger partial charge in [0.1, 0.15) is 0 Å². The van der Waals surface area contributed by atoms with Gasteiger partial charge in [-0.15, -0.1) is 0 Å². The van der Waals surface area contributed by atoms with Crippen LogP contribution in [0.25, 0.3) is 10.8 Å². The molecule has 1 aliphatic carbocycles. The van der Waals surface area contributed by atoms with Crippen LogP contribution in [0.2, 0.25) is 0 Å². The molecule has 0 bridgehead atoms. The third-order valence-corrected chi connectivity index (χ3v) is 3.34. The van der Waals surface area contributed by atoms with Crippen LogP contribution in [0, 0.1) is 0 Å². The Morgan fingerprint density at radius 3 is 2.87 bits per heavy atom. The van der Waals surface area contributed by atoms with Crippen LogP contribution in [-0.2, 0) is 6.42 Å². The molecule has 3 rings (SSSR count). The molecule has 76 valence electrons. The van der Waals surface area contributed by atoms with E-state index in [9.17, 15) is 5.11 Å². The van der Waals surface area contributed by atoms with Gasteiger partial charge in [-0.2, -0.15) is 0 Å². The largest absolute Gasteiger partial charge is 0.388 e. The minimum Gasteiger partial charge on any atom is -0.388 e. The lowest BCUT2D eigenvalue weighted by molar-refractivity contribution is 0.157. The van der Waals surface area contributed by atoms with Crippen molar-refractivity contribution in [3.8, 4) is 0 Å². The Bertz CT molecular complexity index is 502. The highest BCUT2D eigenvalue weighted by Gasteiger charge is 2.19. The number of fused-ring (bicyclic) bond motifs is 3. The van der Waals surface area contributed by atoms with Crippen LogP contribution in [0.5, 0.6) is 0 Å². The van der Waals surface area contributed by atoms with E-state index in [1.807, 2.05) is 0 Å². The lowest BCUT2D eigenvalue weighted by Gasteiger charge is -2.22. The maximum absolute atomic E-state index is 9.92. The van der Waals surface area contributed by atoms with Crippen LogP contribution >= 0.6 is 0 Å². The molecular weight excluding hydrogens is 184 g/mol. The molecule has 0 radical (unpaired) electrons. The highest BCUT2D eigenvalue weighted by atomic mass is 16.3. The molecule has 0 saturated heterocycles. The number of hydrogen-bond donors (Lipinski definition) is 1. The van der Waals surface area contributed by atoms with Gasteiger partial charge in [0.05, 0.1) is 6.10 Å². The summed E-state index contributed by atoms with van der Waals surface area (Å²) in [6, 6.07) is 12.6. The third kappa shape index (κ3) is 1.35. The predicted molar refractivity (Wildman–Crippen MR) is 61.8 cm³/mol. The van der Waals surface area contributed by atoms with E-state index in [-0.39, 0.29) is 6.10 Å². The van der Waals surface area contributed by atoms with Crippen LogP contribution in [0.4, 0.5) is 0 Å². The summed E-state index contributed by atoms with van der Waals surface area (Å²) in [4.78, 5) is 0. The van der Waals surface area contributed by atoms with Crippen molar-refractivity contribution in [1.29, 1.82) is 0 Å². The summed E-state index contributed by atoms with van der Waals surface area (Å²) in [6.07, 6.45) is 2.86. The maximum atomic E-state index is 9.92. The molecule has 0 aliphatic heterocycles. The number of aliphatic hydroxyl groups excluding tert-OH is 1. The quantitative estimate of drug-likeness (QED) is 0.689. The van der Waals surface area contributed by atoms with Gasteiger partial charge in [-0.3, -0.25) is 0 Å². The van der Waals surface area contributed by atoms with Crippen LogP contribution in [0.3, 0.4) is 0 Å². The number of hydrogen-bond acceptors (Lipinski definition) is 1. The first-order valence-electron chi connectivity index (χ1n) is 5.55. The third-order valence-electron chi connectivity index (χ3n) is 3.34. The van der Waals surface area contributed by atoms with E-state index in [2.05, 4.69) is 36.4 Å². The molecule has 0 aromatic heterocycles. The molecule has 15 heavy (non-hydrogen) atoms. The first-order valence-corrected chi connectivity index (χ1v) is 5.55. The van der Waals surface area contributed by atoms with Crippen molar-refractivity contribution in [2.75, 3.05) is 0 Å². The van der Waals surface area contributed by atoms with Gasteiger partial charge in [0.15, 0.2) is 0 Å². The molecule has 0 fully saturated rings. The molecule has 1 nitrogen and oxygen atoms in total. The van der Waals surface area contributed by atoms with Crippen LogP contribution < -0.4 is 0 Å². The normalized spacial score (nSPS) is 20.2. The van der Waals surface area contributed by atoms with Gasteiger partial charge in [0, 0.05) is 0 Å². The second-order valence-corrected chi connectivity index (χ2v) is 4.26. The summed E-state index contributed by atoms with van der Waals surface area (Å²) < 4.78 is 0. The topological polar surface area (TPSA) is 20.2 Å². The van der Waals surface area contributed by atoms with Crippen LogP contribution in [-0.4, -0.2) is 5.11 Å². The fourth-order valence-electron chi connectivity index (χ4n) is 2.57. The van der Waals surface area contributed by atoms with Crippen LogP contribution in [0.1, 0.15) is 30.1 Å². The number of aryl methyl sites for hydroxylation is 1. The molecule has 0 heterocycles. The summed E-state index contributed by atoms with van der Waals surface area (Å²) in [5, 5.41) is 12.5. The van der Waals surface area contributed by atoms with E-state index in [1.165, 1.54) is 16.3 Å². The summed E-state index contributed by atoms with van der Waals surface area (Å²) >= 11 is 0. The van der Waals surface area contributed by atoms with Crippen molar-refractivity contribution in [3.63, 3.8) is 0 Å². The van der Waals surface area contributed by atoms with Crippen molar-refractivity contribution in [2.45, 2.75) is 25.4 Å². The van der Waals surface area contributed by atoms with Gasteiger partial charge in [-0.1, -0.05) is 36.4 Å². The average Bonchev–Trinajstić information content (AvgIpc) is 2.29. The highest BCUT2D eigenvalue weighted by molar-refractivity contribution is 5.87. The number of benzene rings is 2. The molecule has 0 saturated carbocycles. The summed E-state index contributed by atoms with van der Waals surface area (Å²) in [7, 11) is 0. The molecule has 2 aromatic carbocycles. The molecule has 2 aromatic rings. The molecule has 0 amide bonds. The van der Waals surface area contributed by atoms with Crippen molar-refractivity contribution in [2.24, 2.45) is 0 Å². The van der Waals surface area contributed by atoms with Gasteiger partial charge in [-0.25, -0.2) is 0 Å². The van der Waals surface area contributed by atoms with Crippen molar-refractivity contribution in [3.05, 3.63) is 47.5 Å². The molecule has 1 heteroatoms. The first kappa shape index (κ1) is 8.93. The van der Waals surface area contributed by atoms with E-state index in [4.69, 9.17) is 0 Å². The number of rotatable bonds is 0. The lowest BCUT2D eigenvalue weighted by Crippen LogP contribution is -2.09. The standard InChI is InChI=1S/C14H14O/c15-14-7-3-6-12-11-5-2-1-4-10(11)8-9-13(12)14/h1-2,4-5,8-9,14-15H,3,6-7H2. The Kier molecular flexibility index (Phi) is 2.00. The summed E-state index contributed by atoms with van der Waals surface area (Å²) in [5.41, 5.74) is 2.49. The maximum Gasteiger partial charge on any atom is 0.0793 e. The van der Waals surface area contributed by atoms with Gasteiger partial charge >= 0.3 is 0 Å². The average molecular weight is 198 g/mol. The minimum atomic E-state index is -0.252. The van der Waals surface area contributed by atoms with Crippen LogP contribution in [0.15, 0.2) is 36.4 Å². The molecule has 1 unspecified atom stereocenters. The van der Waals surface area contributed by atoms with E-state index < -0.39 is 0 Å². The Balaban J connectivity index is 2.33. The van der Waals surface area contributed by atoms with Gasteiger partial charge in [-0.05, 0) is 41.2 Å². The fraction of sp³-hybridized carbons (Fsp3) is 0.286. The van der Waals surface area contributed by atoms with Gasteiger partial charge in [0.25, 0.3) is 0 Å². The molecular formula is C14H14O. The molecule has 1 N–H and O–H groups in total. The Morgan fingerprint density at radius 2 is 1.93 bits per heavy atom. The fourth-order valence-corrected chi connectivity index (χ4v) is 2.57. The highest BCUT2D eigenvalue weighted by Crippen LogP contribution is 2.34. The second kappa shape index (κ2) is 3.35. The monoisotopic (exact) mass is 198 g/mol. The Labute approximate surface area is 89.4 Å². The Hall–Kier alpha value is -1.34. The van der Waals surface area contributed by atoms with Gasteiger partial charge < -0.3 is 5.11 Å². The second-order valence-electron chi connectivity index (χ2n) is 4.26. The molecule has 1 atom stereocenters. The first-order chi connectivity index (χ1) is 7.36. The molecule has 1 aliphatic rings. The zero-order valence-electron chi connectivity index (χ0n) is 8.61. The van der Waals surface area contributed by atoms with E-state index in [1.54, 1.807) is 0 Å². The SMILES string of the molecule is OC1CCCc2c1ccc1ccccc21. The van der Waals surface area contributed by atoms with Gasteiger partial charge in [0.2, 0.25) is 0 Å². The van der Waals surface area contributed by atoms with Crippen molar-refractivity contribution in [1.82, 2.24) is 0 Å². The zero-order valence-corrected chi connectivity index (χ0v) is 8.61. The van der Waals surface area contributed by atoms with E-state index >= 15 is 0 Å².